The molecule has 1 aliphatic rings. The smallest absolute Gasteiger partial charge is 0.0507 e. The molecule has 1 saturated heterocycles. The molecular weight excluding hydrogens is 288 g/mol. The first kappa shape index (κ1) is 14.0. The Morgan fingerprint density at radius 3 is 2.44 bits per heavy atom. The monoisotopic (exact) mass is 310 g/mol. The van der Waals surface area contributed by atoms with Gasteiger partial charge in [0.25, 0.3) is 0 Å². The van der Waals surface area contributed by atoms with Crippen LogP contribution in [0.2, 0.25) is 0 Å². The van der Waals surface area contributed by atoms with E-state index in [9.17, 15) is 0 Å². The Balaban J connectivity index is 2.21. The standard InChI is InChI=1S/C15H23BrN2/c1-11-7-9-18(10-8-11)15(12(2)17)13-5-3-4-6-14(13)16/h3-6,11-12,15H,7-10,17H2,1-2H3. The van der Waals surface area contributed by atoms with Gasteiger partial charge in [-0.3, -0.25) is 4.90 Å². The van der Waals surface area contributed by atoms with Crippen molar-refractivity contribution in [3.8, 4) is 0 Å². The molecule has 100 valence electrons. The topological polar surface area (TPSA) is 29.3 Å². The average molecular weight is 311 g/mol. The van der Waals surface area contributed by atoms with Crippen LogP contribution in [-0.4, -0.2) is 24.0 Å². The van der Waals surface area contributed by atoms with Crippen LogP contribution in [0.3, 0.4) is 0 Å². The van der Waals surface area contributed by atoms with Crippen molar-refractivity contribution in [2.24, 2.45) is 11.7 Å². The SMILES string of the molecule is CC1CCN(C(c2ccccc2Br)C(C)N)CC1. The normalized spacial score (nSPS) is 21.8. The van der Waals surface area contributed by atoms with E-state index in [1.54, 1.807) is 0 Å². The van der Waals surface area contributed by atoms with Gasteiger partial charge in [0.1, 0.15) is 0 Å². The first-order chi connectivity index (χ1) is 8.59. The first-order valence-corrected chi connectivity index (χ1v) is 7.63. The fourth-order valence-electron chi connectivity index (χ4n) is 2.83. The molecule has 0 radical (unpaired) electrons. The van der Waals surface area contributed by atoms with E-state index in [0.717, 1.165) is 19.0 Å². The molecule has 0 aliphatic carbocycles. The first-order valence-electron chi connectivity index (χ1n) is 6.83. The van der Waals surface area contributed by atoms with E-state index in [2.05, 4.69) is 58.9 Å². The van der Waals surface area contributed by atoms with Gasteiger partial charge in [0, 0.05) is 10.5 Å². The predicted molar refractivity (Wildman–Crippen MR) is 80.5 cm³/mol. The summed E-state index contributed by atoms with van der Waals surface area (Å²) in [6.45, 7) is 6.78. The molecule has 3 heteroatoms. The molecular formula is C15H23BrN2. The Labute approximate surface area is 119 Å². The second-order valence-electron chi connectivity index (χ2n) is 5.54. The maximum Gasteiger partial charge on any atom is 0.0507 e. The summed E-state index contributed by atoms with van der Waals surface area (Å²) < 4.78 is 1.17. The molecule has 1 aromatic rings. The van der Waals surface area contributed by atoms with Crippen LogP contribution in [0.15, 0.2) is 28.7 Å². The van der Waals surface area contributed by atoms with Gasteiger partial charge in [-0.15, -0.1) is 0 Å². The summed E-state index contributed by atoms with van der Waals surface area (Å²) in [7, 11) is 0. The third-order valence-electron chi connectivity index (χ3n) is 3.93. The van der Waals surface area contributed by atoms with Crippen molar-refractivity contribution in [2.75, 3.05) is 13.1 Å². The van der Waals surface area contributed by atoms with Crippen LogP contribution in [0.4, 0.5) is 0 Å². The summed E-state index contributed by atoms with van der Waals surface area (Å²) in [4.78, 5) is 2.55. The van der Waals surface area contributed by atoms with E-state index < -0.39 is 0 Å². The van der Waals surface area contributed by atoms with Gasteiger partial charge < -0.3 is 5.73 Å². The molecule has 1 aromatic carbocycles. The lowest BCUT2D eigenvalue weighted by molar-refractivity contribution is 0.123. The number of nitrogens with zero attached hydrogens (tertiary/aromatic N) is 1. The predicted octanol–water partition coefficient (Wildman–Crippen LogP) is 3.57. The molecule has 1 fully saturated rings. The number of piperidine rings is 1. The van der Waals surface area contributed by atoms with Crippen LogP contribution >= 0.6 is 15.9 Å². The van der Waals surface area contributed by atoms with Crippen LogP contribution in [0.25, 0.3) is 0 Å². The Morgan fingerprint density at radius 1 is 1.28 bits per heavy atom. The number of rotatable bonds is 3. The summed E-state index contributed by atoms with van der Waals surface area (Å²) in [6, 6.07) is 8.93. The Morgan fingerprint density at radius 2 is 1.89 bits per heavy atom. The van der Waals surface area contributed by atoms with Crippen molar-refractivity contribution < 1.29 is 0 Å². The summed E-state index contributed by atoms with van der Waals surface area (Å²) in [5.74, 6) is 0.856. The van der Waals surface area contributed by atoms with Gasteiger partial charge in [0.15, 0.2) is 0 Å². The molecule has 2 rings (SSSR count). The minimum Gasteiger partial charge on any atom is -0.326 e. The maximum absolute atomic E-state index is 6.24. The van der Waals surface area contributed by atoms with Gasteiger partial charge in [-0.2, -0.15) is 0 Å². The fourth-order valence-corrected chi connectivity index (χ4v) is 3.35. The zero-order chi connectivity index (χ0) is 13.1. The van der Waals surface area contributed by atoms with E-state index in [-0.39, 0.29) is 6.04 Å². The number of halogens is 1. The van der Waals surface area contributed by atoms with E-state index in [1.165, 1.54) is 22.9 Å². The molecule has 0 spiro atoms. The lowest BCUT2D eigenvalue weighted by Crippen LogP contribution is -2.43. The average Bonchev–Trinajstić information content (AvgIpc) is 2.34. The lowest BCUT2D eigenvalue weighted by atomic mass is 9.93. The van der Waals surface area contributed by atoms with Crippen molar-refractivity contribution >= 4 is 15.9 Å². The second kappa shape index (κ2) is 6.18. The molecule has 1 aliphatic heterocycles. The van der Waals surface area contributed by atoms with Crippen LogP contribution < -0.4 is 5.73 Å². The molecule has 18 heavy (non-hydrogen) atoms. The van der Waals surface area contributed by atoms with E-state index >= 15 is 0 Å². The molecule has 0 amide bonds. The van der Waals surface area contributed by atoms with Gasteiger partial charge in [0.2, 0.25) is 0 Å². The summed E-state index contributed by atoms with van der Waals surface area (Å²) in [6.07, 6.45) is 2.57. The zero-order valence-corrected chi connectivity index (χ0v) is 12.9. The third kappa shape index (κ3) is 3.14. The van der Waals surface area contributed by atoms with E-state index in [0.29, 0.717) is 6.04 Å². The summed E-state index contributed by atoms with van der Waals surface area (Å²) in [5, 5.41) is 0. The quantitative estimate of drug-likeness (QED) is 0.924. The van der Waals surface area contributed by atoms with E-state index in [1.807, 2.05) is 0 Å². The maximum atomic E-state index is 6.24. The minimum atomic E-state index is 0.150. The van der Waals surface area contributed by atoms with Crippen LogP contribution in [0.5, 0.6) is 0 Å². The highest BCUT2D eigenvalue weighted by atomic mass is 79.9. The number of benzene rings is 1. The van der Waals surface area contributed by atoms with E-state index in [4.69, 9.17) is 5.73 Å². The number of hydrogen-bond acceptors (Lipinski definition) is 2. The number of hydrogen-bond donors (Lipinski definition) is 1. The molecule has 1 heterocycles. The van der Waals surface area contributed by atoms with Gasteiger partial charge in [-0.05, 0) is 50.4 Å². The van der Waals surface area contributed by atoms with Crippen molar-refractivity contribution in [3.63, 3.8) is 0 Å². The highest BCUT2D eigenvalue weighted by molar-refractivity contribution is 9.10. The van der Waals surface area contributed by atoms with Crippen LogP contribution in [0.1, 0.15) is 38.3 Å². The number of nitrogens with two attached hydrogens (primary N) is 1. The molecule has 2 unspecified atom stereocenters. The van der Waals surface area contributed by atoms with Gasteiger partial charge >= 0.3 is 0 Å². The van der Waals surface area contributed by atoms with Crippen molar-refractivity contribution in [1.29, 1.82) is 0 Å². The molecule has 0 aromatic heterocycles. The molecule has 2 nitrogen and oxygen atoms in total. The number of likely N-dealkylation sites (tertiary alicyclic amines) is 1. The van der Waals surface area contributed by atoms with Crippen molar-refractivity contribution in [1.82, 2.24) is 4.90 Å². The Bertz CT molecular complexity index is 384. The Hall–Kier alpha value is -0.380. The van der Waals surface area contributed by atoms with Gasteiger partial charge in [0.05, 0.1) is 6.04 Å². The lowest BCUT2D eigenvalue weighted by Gasteiger charge is -2.39. The molecule has 2 atom stereocenters. The molecule has 0 saturated carbocycles. The highest BCUT2D eigenvalue weighted by Crippen LogP contribution is 2.32. The largest absolute Gasteiger partial charge is 0.326 e. The van der Waals surface area contributed by atoms with Crippen LogP contribution in [0, 0.1) is 5.92 Å². The van der Waals surface area contributed by atoms with Crippen LogP contribution in [-0.2, 0) is 0 Å². The molecule has 2 N–H and O–H groups in total. The summed E-state index contributed by atoms with van der Waals surface area (Å²) in [5.41, 5.74) is 7.56. The fraction of sp³-hybridized carbons (Fsp3) is 0.600. The van der Waals surface area contributed by atoms with Crippen molar-refractivity contribution in [2.45, 2.75) is 38.8 Å². The zero-order valence-electron chi connectivity index (χ0n) is 11.3. The van der Waals surface area contributed by atoms with Crippen molar-refractivity contribution in [3.05, 3.63) is 34.3 Å². The van der Waals surface area contributed by atoms with Gasteiger partial charge in [-0.25, -0.2) is 0 Å². The third-order valence-corrected chi connectivity index (χ3v) is 4.66. The highest BCUT2D eigenvalue weighted by Gasteiger charge is 2.28. The molecule has 0 bridgehead atoms. The minimum absolute atomic E-state index is 0.150. The summed E-state index contributed by atoms with van der Waals surface area (Å²) >= 11 is 3.66. The van der Waals surface area contributed by atoms with Gasteiger partial charge in [-0.1, -0.05) is 41.1 Å². The second-order valence-corrected chi connectivity index (χ2v) is 6.40. The Kier molecular flexibility index (Phi) is 4.82.